The van der Waals surface area contributed by atoms with Crippen LogP contribution in [0.5, 0.6) is 0 Å². The molecule has 0 spiro atoms. The number of aromatic nitrogens is 3. The summed E-state index contributed by atoms with van der Waals surface area (Å²) in [5.74, 6) is 0.856. The molecule has 0 aliphatic carbocycles. The summed E-state index contributed by atoms with van der Waals surface area (Å²) in [5.41, 5.74) is 2.37. The third-order valence-electron chi connectivity index (χ3n) is 7.16. The number of carboxylic acid groups (broad SMARTS) is 1. The average Bonchev–Trinajstić information content (AvgIpc) is 3.46. The van der Waals surface area contributed by atoms with Gasteiger partial charge in [0.25, 0.3) is 0 Å². The number of aromatic amines is 1. The topological polar surface area (TPSA) is 124 Å². The lowest BCUT2D eigenvalue weighted by atomic mass is 9.96. The molecule has 3 atom stereocenters. The number of ether oxygens (including phenoxy) is 1. The van der Waals surface area contributed by atoms with E-state index in [4.69, 9.17) is 4.74 Å². The van der Waals surface area contributed by atoms with Crippen LogP contribution in [0, 0.1) is 0 Å². The van der Waals surface area contributed by atoms with Crippen molar-refractivity contribution in [1.29, 1.82) is 0 Å². The molecule has 1 unspecified atom stereocenters. The predicted molar refractivity (Wildman–Crippen MR) is 140 cm³/mol. The van der Waals surface area contributed by atoms with Crippen molar-refractivity contribution in [3.8, 4) is 0 Å². The van der Waals surface area contributed by atoms with Crippen molar-refractivity contribution in [2.45, 2.75) is 76.7 Å². The van der Waals surface area contributed by atoms with Crippen LogP contribution >= 0.6 is 0 Å². The van der Waals surface area contributed by atoms with Crippen molar-refractivity contribution >= 4 is 29.0 Å². The van der Waals surface area contributed by atoms with Crippen molar-refractivity contribution in [2.24, 2.45) is 0 Å². The number of nitrogens with one attached hydrogen (secondary N) is 2. The highest BCUT2D eigenvalue weighted by molar-refractivity contribution is 5.88. The van der Waals surface area contributed by atoms with Gasteiger partial charge in [-0.3, -0.25) is 0 Å². The minimum Gasteiger partial charge on any atom is -0.465 e. The number of amides is 2. The van der Waals surface area contributed by atoms with Gasteiger partial charge in [0, 0.05) is 25.3 Å². The minimum absolute atomic E-state index is 0.0696. The Labute approximate surface area is 216 Å². The lowest BCUT2D eigenvalue weighted by Crippen LogP contribution is -2.52. The normalized spacial score (nSPS) is 21.6. The van der Waals surface area contributed by atoms with Gasteiger partial charge in [-0.2, -0.15) is 0 Å². The van der Waals surface area contributed by atoms with Crippen LogP contribution in [-0.4, -0.2) is 67.4 Å². The molecule has 0 radical (unpaired) electrons. The Balaban J connectivity index is 1.36. The summed E-state index contributed by atoms with van der Waals surface area (Å²) in [6.07, 6.45) is 5.40. The van der Waals surface area contributed by atoms with Crippen LogP contribution in [0.25, 0.3) is 11.0 Å². The van der Waals surface area contributed by atoms with Gasteiger partial charge in [0.15, 0.2) is 0 Å². The molecule has 37 heavy (non-hydrogen) atoms. The number of fused-ring (bicyclic) bond motifs is 2. The van der Waals surface area contributed by atoms with Crippen LogP contribution in [-0.2, 0) is 17.7 Å². The molecule has 2 fully saturated rings. The van der Waals surface area contributed by atoms with Gasteiger partial charge in [0.1, 0.15) is 23.4 Å². The molecule has 196 valence electrons. The summed E-state index contributed by atoms with van der Waals surface area (Å²) in [5, 5.41) is 13.6. The zero-order chi connectivity index (χ0) is 26.2. The van der Waals surface area contributed by atoms with E-state index in [1.54, 1.807) is 11.2 Å². The third-order valence-corrected chi connectivity index (χ3v) is 7.16. The van der Waals surface area contributed by atoms with E-state index < -0.39 is 17.8 Å². The first-order chi connectivity index (χ1) is 17.7. The molecule has 5 rings (SSSR count). The van der Waals surface area contributed by atoms with E-state index in [0.29, 0.717) is 13.1 Å². The number of nitrogens with zero attached hydrogens (tertiary/aromatic N) is 4. The number of alkyl carbamates (subject to hydrolysis) is 1. The molecular formula is C27H34N6O4. The van der Waals surface area contributed by atoms with Crippen molar-refractivity contribution in [2.75, 3.05) is 11.4 Å². The Kier molecular flexibility index (Phi) is 6.66. The highest BCUT2D eigenvalue weighted by atomic mass is 16.6. The number of hydrogen-bond acceptors (Lipinski definition) is 6. The Morgan fingerprint density at radius 3 is 2.62 bits per heavy atom. The SMILES string of the molecule is CC(C)(C)OC(=O)NCc1ccc(CC2C[C@@H]3[C@@H](CCCN3C(=O)O)N2c2ncnc3[nH]ccc23)cc1. The number of piperidine rings is 1. The molecule has 2 amide bonds. The molecular weight excluding hydrogens is 472 g/mol. The van der Waals surface area contributed by atoms with Gasteiger partial charge in [0.2, 0.25) is 0 Å². The minimum atomic E-state index is -0.855. The number of carbonyl (C=O) groups excluding carboxylic acids is 1. The second kappa shape index (κ2) is 9.91. The maximum Gasteiger partial charge on any atom is 0.407 e. The first-order valence-corrected chi connectivity index (χ1v) is 12.8. The van der Waals surface area contributed by atoms with E-state index in [0.717, 1.165) is 53.7 Å². The van der Waals surface area contributed by atoms with Gasteiger partial charge in [-0.15, -0.1) is 0 Å². The second-order valence-electron chi connectivity index (χ2n) is 10.9. The smallest absolute Gasteiger partial charge is 0.407 e. The summed E-state index contributed by atoms with van der Waals surface area (Å²) in [6, 6.07) is 10.3. The van der Waals surface area contributed by atoms with Crippen LogP contribution < -0.4 is 10.2 Å². The lowest BCUT2D eigenvalue weighted by Gasteiger charge is -2.39. The standard InChI is InChI=1S/C27H34N6O4/c1-27(2,3)37-25(34)29-15-18-8-6-17(7-9-18)13-19-14-22-21(5-4-12-32(22)26(35)36)33(19)24-20-10-11-28-23(20)30-16-31-24/h6-11,16,19,21-22H,4-5,12-15H2,1-3H3,(H,29,34)(H,35,36)(H,28,30,31)/t19?,21-,22-/m1/s1. The summed E-state index contributed by atoms with van der Waals surface area (Å²) in [6.45, 7) is 6.46. The monoisotopic (exact) mass is 506 g/mol. The van der Waals surface area contributed by atoms with Crippen LogP contribution in [0.2, 0.25) is 0 Å². The third kappa shape index (κ3) is 5.33. The molecule has 2 aliphatic rings. The van der Waals surface area contributed by atoms with E-state index in [1.165, 1.54) is 0 Å². The maximum atomic E-state index is 12.0. The number of hydrogen-bond donors (Lipinski definition) is 3. The van der Waals surface area contributed by atoms with Crippen molar-refractivity contribution in [3.05, 3.63) is 54.0 Å². The van der Waals surface area contributed by atoms with E-state index in [2.05, 4.69) is 37.3 Å². The summed E-state index contributed by atoms with van der Waals surface area (Å²) in [4.78, 5) is 40.2. The van der Waals surface area contributed by atoms with E-state index >= 15 is 0 Å². The van der Waals surface area contributed by atoms with E-state index in [-0.39, 0.29) is 18.1 Å². The number of rotatable bonds is 5. The molecule has 2 saturated heterocycles. The fourth-order valence-electron chi connectivity index (χ4n) is 5.68. The van der Waals surface area contributed by atoms with E-state index in [9.17, 15) is 14.7 Å². The molecule has 3 aromatic rings. The zero-order valence-corrected chi connectivity index (χ0v) is 21.5. The fourth-order valence-corrected chi connectivity index (χ4v) is 5.68. The van der Waals surface area contributed by atoms with Gasteiger partial charge in [-0.05, 0) is 63.6 Å². The number of likely N-dealkylation sites (tertiary alicyclic amines) is 1. The molecule has 10 heteroatoms. The molecule has 0 saturated carbocycles. The number of carbonyl (C=O) groups is 2. The molecule has 0 bridgehead atoms. The first kappa shape index (κ1) is 24.9. The molecule has 2 aliphatic heterocycles. The van der Waals surface area contributed by atoms with Crippen molar-refractivity contribution in [3.63, 3.8) is 0 Å². The van der Waals surface area contributed by atoms with Gasteiger partial charge in [-0.1, -0.05) is 24.3 Å². The maximum absolute atomic E-state index is 12.0. The average molecular weight is 507 g/mol. The molecule has 10 nitrogen and oxygen atoms in total. The van der Waals surface area contributed by atoms with Gasteiger partial charge < -0.3 is 29.9 Å². The van der Waals surface area contributed by atoms with Gasteiger partial charge in [0.05, 0.1) is 17.5 Å². The van der Waals surface area contributed by atoms with Crippen molar-refractivity contribution in [1.82, 2.24) is 25.2 Å². The van der Waals surface area contributed by atoms with Crippen LogP contribution in [0.3, 0.4) is 0 Å². The molecule has 2 aromatic heterocycles. The van der Waals surface area contributed by atoms with Crippen LogP contribution in [0.4, 0.5) is 15.4 Å². The number of H-pyrrole nitrogens is 1. The highest BCUT2D eigenvalue weighted by Gasteiger charge is 2.47. The number of anilines is 1. The Morgan fingerprint density at radius 1 is 1.14 bits per heavy atom. The highest BCUT2D eigenvalue weighted by Crippen LogP contribution is 2.40. The summed E-state index contributed by atoms with van der Waals surface area (Å²) in [7, 11) is 0. The van der Waals surface area contributed by atoms with Crippen molar-refractivity contribution < 1.29 is 19.4 Å². The van der Waals surface area contributed by atoms with Crippen LogP contribution in [0.1, 0.15) is 51.2 Å². The molecule has 1 aromatic carbocycles. The second-order valence-corrected chi connectivity index (χ2v) is 10.9. The molecule has 3 N–H and O–H groups in total. The Hall–Kier alpha value is -3.82. The quantitative estimate of drug-likeness (QED) is 0.471. The summed E-state index contributed by atoms with van der Waals surface area (Å²) < 4.78 is 5.31. The predicted octanol–water partition coefficient (Wildman–Crippen LogP) is 4.32. The largest absolute Gasteiger partial charge is 0.465 e. The molecule has 4 heterocycles. The van der Waals surface area contributed by atoms with Crippen LogP contribution in [0.15, 0.2) is 42.9 Å². The first-order valence-electron chi connectivity index (χ1n) is 12.8. The number of benzene rings is 1. The Morgan fingerprint density at radius 2 is 1.89 bits per heavy atom. The lowest BCUT2D eigenvalue weighted by molar-refractivity contribution is 0.0523. The van der Waals surface area contributed by atoms with E-state index in [1.807, 2.05) is 45.2 Å². The zero-order valence-electron chi connectivity index (χ0n) is 21.5. The Bertz CT molecular complexity index is 1270. The van der Waals surface area contributed by atoms with Gasteiger partial charge in [-0.25, -0.2) is 19.6 Å². The fraction of sp³-hybridized carbons (Fsp3) is 0.481. The summed E-state index contributed by atoms with van der Waals surface area (Å²) >= 11 is 0. The van der Waals surface area contributed by atoms with Gasteiger partial charge >= 0.3 is 12.2 Å².